The number of thioether (sulfide) groups is 2. The molecular weight excluding hydrogens is 577 g/mol. The van der Waals surface area contributed by atoms with Gasteiger partial charge in [-0.05, 0) is 36.5 Å². The zero-order valence-electron chi connectivity index (χ0n) is 30.2. The van der Waals surface area contributed by atoms with Gasteiger partial charge < -0.3 is 5.11 Å². The van der Waals surface area contributed by atoms with Crippen molar-refractivity contribution in [1.29, 1.82) is 0 Å². The van der Waals surface area contributed by atoms with Crippen LogP contribution in [-0.4, -0.2) is 33.6 Å². The quantitative estimate of drug-likeness (QED) is 0.0668. The Morgan fingerprint density at radius 2 is 0.682 bits per heavy atom. The molecule has 0 rings (SSSR count). The van der Waals surface area contributed by atoms with E-state index in [1.807, 2.05) is 11.8 Å². The average molecular weight is 657 g/mol. The lowest BCUT2D eigenvalue weighted by atomic mass is 10.0. The van der Waals surface area contributed by atoms with Crippen molar-refractivity contribution in [3.05, 3.63) is 0 Å². The van der Waals surface area contributed by atoms with Crippen LogP contribution in [0.3, 0.4) is 0 Å². The number of carboxylic acid groups (broad SMARTS) is 1. The van der Waals surface area contributed by atoms with E-state index in [9.17, 15) is 9.90 Å². The van der Waals surface area contributed by atoms with Gasteiger partial charge >= 0.3 is 5.97 Å². The summed E-state index contributed by atoms with van der Waals surface area (Å²) in [6.45, 7) is 4.59. The van der Waals surface area contributed by atoms with Gasteiger partial charge in [0.2, 0.25) is 0 Å². The Morgan fingerprint density at radius 3 is 0.977 bits per heavy atom. The Morgan fingerprint density at radius 1 is 0.409 bits per heavy atom. The minimum atomic E-state index is -0.602. The van der Waals surface area contributed by atoms with E-state index in [1.54, 1.807) is 11.8 Å². The first kappa shape index (κ1) is 44.2. The van der Waals surface area contributed by atoms with E-state index in [4.69, 9.17) is 0 Å². The molecule has 0 spiro atoms. The Labute approximate surface area is 286 Å². The minimum absolute atomic E-state index is 0.204. The van der Waals surface area contributed by atoms with E-state index in [0.717, 1.165) is 17.9 Å². The van der Waals surface area contributed by atoms with Crippen LogP contribution >= 0.6 is 23.5 Å². The summed E-state index contributed by atoms with van der Waals surface area (Å²) in [6.07, 6.45) is 45.7. The molecule has 0 saturated heterocycles. The summed E-state index contributed by atoms with van der Waals surface area (Å²) in [5.74, 6) is 2.62. The molecule has 0 aliphatic heterocycles. The maximum absolute atomic E-state index is 11.7. The summed E-state index contributed by atoms with van der Waals surface area (Å²) >= 11 is 3.67. The Balaban J connectivity index is 3.35. The summed E-state index contributed by atoms with van der Waals surface area (Å²) in [5.41, 5.74) is 0. The van der Waals surface area contributed by atoms with E-state index in [1.165, 1.54) is 211 Å². The lowest BCUT2D eigenvalue weighted by Gasteiger charge is -2.12. The fraction of sp³-hybridized carbons (Fsp3) is 0.975. The first-order valence-corrected chi connectivity index (χ1v) is 22.3. The number of unbranched alkanes of at least 4 members (excludes halogenated alkanes) is 30. The number of carboxylic acids is 1. The molecule has 0 aromatic carbocycles. The molecule has 1 unspecified atom stereocenters. The summed E-state index contributed by atoms with van der Waals surface area (Å²) in [4.78, 5) is 11.7. The topological polar surface area (TPSA) is 37.3 Å². The fourth-order valence-electron chi connectivity index (χ4n) is 6.20. The van der Waals surface area contributed by atoms with Gasteiger partial charge in [0.05, 0.1) is 0 Å². The van der Waals surface area contributed by atoms with E-state index in [2.05, 4.69) is 13.8 Å². The first-order valence-electron chi connectivity index (χ1n) is 20.1. The average Bonchev–Trinajstić information content (AvgIpc) is 3.02. The largest absolute Gasteiger partial charge is 0.480 e. The highest BCUT2D eigenvalue weighted by atomic mass is 32.2. The normalized spacial score (nSPS) is 12.2. The maximum atomic E-state index is 11.7. The molecule has 0 aliphatic rings. The number of rotatable bonds is 39. The Bertz CT molecular complexity index is 541. The molecule has 0 aromatic rings. The summed E-state index contributed by atoms with van der Waals surface area (Å²) in [6, 6.07) is 0. The Kier molecular flexibility index (Phi) is 39.5. The van der Waals surface area contributed by atoms with Crippen molar-refractivity contribution in [2.45, 2.75) is 231 Å². The van der Waals surface area contributed by atoms with Crippen molar-refractivity contribution in [3.8, 4) is 0 Å². The molecule has 2 nitrogen and oxygen atoms in total. The highest BCUT2D eigenvalue weighted by Crippen LogP contribution is 2.22. The zero-order chi connectivity index (χ0) is 32.0. The van der Waals surface area contributed by atoms with Crippen LogP contribution in [0.15, 0.2) is 0 Å². The molecule has 44 heavy (non-hydrogen) atoms. The third kappa shape index (κ3) is 36.6. The van der Waals surface area contributed by atoms with Crippen molar-refractivity contribution in [2.24, 2.45) is 0 Å². The number of carbonyl (C=O) groups is 1. The lowest BCUT2D eigenvalue weighted by molar-refractivity contribution is -0.136. The number of hydrogen-bond donors (Lipinski definition) is 1. The van der Waals surface area contributed by atoms with Crippen LogP contribution in [0.5, 0.6) is 0 Å². The van der Waals surface area contributed by atoms with Crippen molar-refractivity contribution in [2.75, 3.05) is 17.3 Å². The second-order valence-electron chi connectivity index (χ2n) is 13.7. The van der Waals surface area contributed by atoms with Crippen LogP contribution in [0.1, 0.15) is 226 Å². The molecule has 0 amide bonds. The van der Waals surface area contributed by atoms with Crippen molar-refractivity contribution >= 4 is 29.5 Å². The predicted octanol–water partition coefficient (Wildman–Crippen LogP) is 14.8. The lowest BCUT2D eigenvalue weighted by Crippen LogP contribution is -2.17. The molecule has 0 aliphatic carbocycles. The molecule has 0 saturated carbocycles. The van der Waals surface area contributed by atoms with E-state index in [0.29, 0.717) is 0 Å². The second kappa shape index (κ2) is 39.3. The second-order valence-corrected chi connectivity index (χ2v) is 16.2. The summed E-state index contributed by atoms with van der Waals surface area (Å²) in [5, 5.41) is 9.43. The van der Waals surface area contributed by atoms with Crippen LogP contribution in [0.25, 0.3) is 0 Å². The molecule has 0 heterocycles. The van der Waals surface area contributed by atoms with Gasteiger partial charge in [0.25, 0.3) is 0 Å². The first-order chi connectivity index (χ1) is 21.7. The van der Waals surface area contributed by atoms with Gasteiger partial charge in [-0.15, -0.1) is 11.8 Å². The zero-order valence-corrected chi connectivity index (χ0v) is 31.8. The van der Waals surface area contributed by atoms with E-state index in [-0.39, 0.29) is 5.25 Å². The number of hydrogen-bond acceptors (Lipinski definition) is 3. The molecular formula is C40H80O2S2. The highest BCUT2D eigenvalue weighted by Gasteiger charge is 2.17. The molecule has 0 aromatic heterocycles. The van der Waals surface area contributed by atoms with Crippen LogP contribution in [0.2, 0.25) is 0 Å². The Hall–Kier alpha value is 0.170. The van der Waals surface area contributed by atoms with Crippen LogP contribution in [-0.2, 0) is 4.79 Å². The third-order valence-corrected chi connectivity index (χ3v) is 11.7. The SMILES string of the molecule is CCCCCCCCCCCCCCCCCCSCCC(SCCCCCCCCCCCCCCCCCC)C(=O)O. The van der Waals surface area contributed by atoms with Gasteiger partial charge in [-0.1, -0.05) is 206 Å². The van der Waals surface area contributed by atoms with Gasteiger partial charge in [-0.3, -0.25) is 4.79 Å². The highest BCUT2D eigenvalue weighted by molar-refractivity contribution is 8.01. The standard InChI is InChI=1S/C40H80O2S2/c1-3-5-7-9-11-13-15-17-19-21-23-25-27-29-31-33-36-43-38-35-39(40(41)42)44-37-34-32-30-28-26-24-22-20-18-16-14-12-10-8-6-4-2/h39H,3-38H2,1-2H3,(H,41,42). The van der Waals surface area contributed by atoms with Crippen LogP contribution < -0.4 is 0 Å². The molecule has 264 valence electrons. The van der Waals surface area contributed by atoms with E-state index < -0.39 is 5.97 Å². The van der Waals surface area contributed by atoms with Gasteiger partial charge in [0.15, 0.2) is 0 Å². The smallest absolute Gasteiger partial charge is 0.316 e. The molecule has 1 N–H and O–H groups in total. The minimum Gasteiger partial charge on any atom is -0.480 e. The van der Waals surface area contributed by atoms with Gasteiger partial charge in [-0.25, -0.2) is 0 Å². The van der Waals surface area contributed by atoms with Crippen LogP contribution in [0.4, 0.5) is 0 Å². The van der Waals surface area contributed by atoms with Crippen molar-refractivity contribution < 1.29 is 9.90 Å². The molecule has 4 heteroatoms. The third-order valence-electron chi connectivity index (χ3n) is 9.26. The van der Waals surface area contributed by atoms with Crippen LogP contribution in [0, 0.1) is 0 Å². The maximum Gasteiger partial charge on any atom is 0.316 e. The fourth-order valence-corrected chi connectivity index (χ4v) is 8.44. The number of aliphatic carboxylic acids is 1. The van der Waals surface area contributed by atoms with Crippen molar-refractivity contribution in [1.82, 2.24) is 0 Å². The molecule has 0 fully saturated rings. The predicted molar refractivity (Wildman–Crippen MR) is 205 cm³/mol. The van der Waals surface area contributed by atoms with Crippen molar-refractivity contribution in [3.63, 3.8) is 0 Å². The molecule has 1 atom stereocenters. The molecule has 0 bridgehead atoms. The van der Waals surface area contributed by atoms with E-state index >= 15 is 0 Å². The van der Waals surface area contributed by atoms with Gasteiger partial charge in [0, 0.05) is 0 Å². The monoisotopic (exact) mass is 657 g/mol. The summed E-state index contributed by atoms with van der Waals surface area (Å²) in [7, 11) is 0. The molecule has 0 radical (unpaired) electrons. The summed E-state index contributed by atoms with van der Waals surface area (Å²) < 4.78 is 0. The van der Waals surface area contributed by atoms with Gasteiger partial charge in [0.1, 0.15) is 5.25 Å². The van der Waals surface area contributed by atoms with Gasteiger partial charge in [-0.2, -0.15) is 11.8 Å².